The minimum atomic E-state index is 1.15. The van der Waals surface area contributed by atoms with Crippen molar-refractivity contribution in [2.45, 2.75) is 0 Å². The molecule has 95 heavy (non-hydrogen) atoms. The van der Waals surface area contributed by atoms with Gasteiger partial charge in [0.05, 0.1) is 54.4 Å². The van der Waals surface area contributed by atoms with E-state index in [0.717, 1.165) is 6.39 Å². The van der Waals surface area contributed by atoms with E-state index in [0.29, 0.717) is 0 Å². The molecule has 19 heterocycles. The maximum atomic E-state index is 4.58. The first-order chi connectivity index (χ1) is 47.5. The first-order valence-corrected chi connectivity index (χ1v) is 29.9. The molecule has 0 bridgehead atoms. The fourth-order valence-electron chi connectivity index (χ4n) is 3.22. The van der Waals surface area contributed by atoms with Crippen LogP contribution in [0.4, 0.5) is 0 Å². The lowest BCUT2D eigenvalue weighted by atomic mass is 10.7. The van der Waals surface area contributed by atoms with Gasteiger partial charge in [-0.25, -0.2) is 38.9 Å². The third-order valence-electron chi connectivity index (χ3n) is 6.35. The molecule has 0 atom stereocenters. The van der Waals surface area contributed by atoms with Gasteiger partial charge in [0.15, 0.2) is 19.0 Å². The number of hydrogen-bond donors (Lipinski definition) is 6. The Morgan fingerprint density at radius 3 is 1.34 bits per heavy atom. The highest BCUT2D eigenvalue weighted by Crippen LogP contribution is 1.92. The number of H-pyrrole nitrogens is 6. The fraction of sp³-hybridized carbons (Fsp3) is 0. The highest BCUT2D eigenvalue weighted by Gasteiger charge is 1.68. The van der Waals surface area contributed by atoms with Crippen LogP contribution in [0.1, 0.15) is 0 Å². The molecule has 0 unspecified atom stereocenters. The van der Waals surface area contributed by atoms with Crippen LogP contribution in [0.3, 0.4) is 0 Å². The van der Waals surface area contributed by atoms with Gasteiger partial charge in [0, 0.05) is 71.9 Å². The molecule has 0 aliphatic carbocycles. The summed E-state index contributed by atoms with van der Waals surface area (Å²) in [7, 11) is 0. The van der Waals surface area contributed by atoms with Crippen LogP contribution in [0, 0.1) is 0 Å². The highest BCUT2D eigenvalue weighted by atomic mass is 32.1. The van der Waals surface area contributed by atoms with Crippen LogP contribution in [-0.4, -0.2) is 176 Å². The molecular weight excluding hydrogens is 1360 g/mol. The second-order valence-corrected chi connectivity index (χ2v) is 16.7. The molecule has 0 aliphatic rings. The van der Waals surface area contributed by atoms with Crippen molar-refractivity contribution in [2.24, 2.45) is 0 Å². The molecule has 48 heteroatoms. The average Bonchev–Trinajstić information content (AvgIpc) is 4.55. The molecule has 494 valence electrons. The molecule has 0 saturated heterocycles. The predicted octanol–water partition coefficient (Wildman–Crippen LogP) is 7.99. The Balaban J connectivity index is 0.000000501. The second-order valence-electron chi connectivity index (χ2n) is 12.5. The quantitative estimate of drug-likeness (QED) is 0.0837. The van der Waals surface area contributed by atoms with Gasteiger partial charge in [-0.1, -0.05) is 47.6 Å². The summed E-state index contributed by atoms with van der Waals surface area (Å²) in [4.78, 5) is 30.8. The van der Waals surface area contributed by atoms with Crippen molar-refractivity contribution in [2.75, 3.05) is 0 Å². The number of aromatic nitrogens is 35. The molecular formula is C47H53N35O7S6. The summed E-state index contributed by atoms with van der Waals surface area (Å²) in [5.74, 6) is 0. The van der Waals surface area contributed by atoms with Crippen molar-refractivity contribution in [1.82, 2.24) is 176 Å². The third kappa shape index (κ3) is 75.0. The number of nitrogens with zero attached hydrogens (tertiary/aromatic N) is 29. The zero-order valence-electron chi connectivity index (χ0n) is 48.4. The van der Waals surface area contributed by atoms with Crippen molar-refractivity contribution in [3.63, 3.8) is 0 Å². The highest BCUT2D eigenvalue weighted by molar-refractivity contribution is 7.08. The molecule has 42 nitrogen and oxygen atoms in total. The molecule has 0 radical (unpaired) electrons. The van der Waals surface area contributed by atoms with Crippen molar-refractivity contribution >= 4 is 68.6 Å². The molecule has 19 rings (SSSR count). The molecule has 0 spiro atoms. The molecule has 19 aromatic heterocycles. The van der Waals surface area contributed by atoms with Gasteiger partial charge in [-0.05, 0) is 86.7 Å². The van der Waals surface area contributed by atoms with E-state index in [2.05, 4.69) is 208 Å². The number of rotatable bonds is 0. The third-order valence-corrected chi connectivity index (χ3v) is 9.24. The largest absolute Gasteiger partial charge is 0.473 e. The van der Waals surface area contributed by atoms with E-state index in [1.807, 2.05) is 82.4 Å². The Labute approximate surface area is 558 Å². The monoisotopic (exact) mass is 1410 g/mol. The maximum absolute atomic E-state index is 4.58. The Hall–Kier alpha value is -13.2. The summed E-state index contributed by atoms with van der Waals surface area (Å²) < 4.78 is 41.0. The van der Waals surface area contributed by atoms with E-state index in [-0.39, 0.29) is 0 Å². The van der Waals surface area contributed by atoms with Gasteiger partial charge in [-0.3, -0.25) is 20.3 Å². The summed E-state index contributed by atoms with van der Waals surface area (Å²) in [6, 6.07) is 17.1. The number of tetrazole rings is 1. The Morgan fingerprint density at radius 1 is 0.326 bits per heavy atom. The van der Waals surface area contributed by atoms with Crippen molar-refractivity contribution in [1.29, 1.82) is 0 Å². The number of hydrogen-bond acceptors (Lipinski definition) is 42. The Morgan fingerprint density at radius 2 is 1.15 bits per heavy atom. The van der Waals surface area contributed by atoms with Crippen molar-refractivity contribution in [3.8, 4) is 0 Å². The minimum Gasteiger partial charge on any atom is -0.473 e. The first kappa shape index (κ1) is 79.8. The topological polar surface area (TPSA) is 561 Å². The number of aromatic amines is 6. The smallest absolute Gasteiger partial charge is 0.235 e. The second kappa shape index (κ2) is 76.9. The Kier molecular flexibility index (Phi) is 64.6. The van der Waals surface area contributed by atoms with Crippen LogP contribution in [-0.2, 0) is 0 Å². The minimum absolute atomic E-state index is 1.15. The van der Waals surface area contributed by atoms with Gasteiger partial charge >= 0.3 is 0 Å². The molecule has 0 aliphatic heterocycles. The molecule has 0 aromatic carbocycles. The standard InChI is InChI=1S/C4H5N.C4H4O.C4H4S.2C3H4N2.2C3H3NO.2C3H3NS.2C2H3N3.3C2H2N2O.2C2H2N2S.CH2N4.CHN3O.CHN3S/c3*1-2-4-5-3-1;1-2-5-3-4-1;1-2-4-5-3-1;1-2-5-3-4-1;1-2-4-5-3-1;1-2-5-3-4-1;1-2-4-5-3-1;2*1-3-2-5-4-1;1-3-4-2-5-1;1-3-2-5-4-1;1-2-4-5-3-1;1-3-4-2-5-1;1-3-2-5-4-1;1-2-4-5-3-1;2*1-2-3-4-5-1/h1-5H;2*1-4H;2*1-3H,(H,4,5);4*1-3H;2*1-2H,(H,3,4,5);5*1-2H;1H,(H,2,3,4,5);2*1H. The van der Waals surface area contributed by atoms with E-state index < -0.39 is 0 Å². The van der Waals surface area contributed by atoms with Gasteiger partial charge in [-0.15, -0.1) is 58.4 Å². The van der Waals surface area contributed by atoms with E-state index in [1.54, 1.807) is 125 Å². The summed E-state index contributed by atoms with van der Waals surface area (Å²) in [6.45, 7) is 0. The first-order valence-electron chi connectivity index (χ1n) is 24.6. The number of imidazole rings is 1. The van der Waals surface area contributed by atoms with E-state index in [9.17, 15) is 0 Å². The van der Waals surface area contributed by atoms with Crippen LogP contribution in [0.2, 0.25) is 0 Å². The fourth-order valence-corrected chi connectivity index (χ4v) is 5.13. The molecule has 0 fully saturated rings. The number of furan rings is 1. The molecule has 19 aromatic rings. The molecule has 0 saturated carbocycles. The predicted molar refractivity (Wildman–Crippen MR) is 338 cm³/mol. The summed E-state index contributed by atoms with van der Waals surface area (Å²) >= 11 is 8.86. The van der Waals surface area contributed by atoms with Crippen LogP contribution >= 0.6 is 68.6 Å². The van der Waals surface area contributed by atoms with Crippen molar-refractivity contribution < 1.29 is 31.4 Å². The molecule has 6 N–H and O–H groups in total. The summed E-state index contributed by atoms with van der Waals surface area (Å²) in [5.41, 5.74) is 8.40. The van der Waals surface area contributed by atoms with Crippen LogP contribution in [0.5, 0.6) is 0 Å². The van der Waals surface area contributed by atoms with Gasteiger partial charge in [0.25, 0.3) is 0 Å². The average molecular weight is 1410 g/mol. The Bertz CT molecular complexity index is 2280. The van der Waals surface area contributed by atoms with Crippen LogP contribution in [0.15, 0.2) is 317 Å². The SMILES string of the molecule is c1c[nH]cn1.c1cc[nH]c1.c1ccoc1.c1ccsc1.c1cn[nH]c1.c1cnoc1.c1cnon1.c1cnsc1.c1cocn1.c1cscn1.c1nc[nH]n1.c1nc[nH]n1.c1ncon1.c1ncsn1.c1nn[nH]n1.c1nnco1.c1nncs1.c1nnno1.c1nnns1. The number of thiazole rings is 1. The maximum Gasteiger partial charge on any atom is 0.235 e. The van der Waals surface area contributed by atoms with E-state index in [4.69, 9.17) is 0 Å². The number of oxazole rings is 1. The zero-order chi connectivity index (χ0) is 67.2. The molecule has 0 amide bonds. The van der Waals surface area contributed by atoms with E-state index >= 15 is 0 Å². The lowest BCUT2D eigenvalue weighted by molar-refractivity contribution is 0.307. The normalized spacial score (nSPS) is 8.00. The van der Waals surface area contributed by atoms with E-state index in [1.165, 1.54) is 141 Å². The van der Waals surface area contributed by atoms with Gasteiger partial charge < -0.3 is 36.8 Å². The summed E-state index contributed by atoms with van der Waals surface area (Å²) in [6.07, 6.45) is 44.6. The summed E-state index contributed by atoms with van der Waals surface area (Å²) in [5, 5.41) is 80.8. The number of nitrogens with one attached hydrogen (secondary N) is 6. The zero-order valence-corrected chi connectivity index (χ0v) is 53.3. The van der Waals surface area contributed by atoms with Gasteiger partial charge in [-0.2, -0.15) is 36.2 Å². The lowest BCUT2D eigenvalue weighted by Crippen LogP contribution is -1.64. The number of thiophene rings is 1. The lowest BCUT2D eigenvalue weighted by Gasteiger charge is -1.50. The van der Waals surface area contributed by atoms with Gasteiger partial charge in [0.2, 0.25) is 25.6 Å². The van der Waals surface area contributed by atoms with Crippen molar-refractivity contribution in [3.05, 3.63) is 286 Å². The van der Waals surface area contributed by atoms with Crippen LogP contribution in [0.25, 0.3) is 0 Å². The van der Waals surface area contributed by atoms with Crippen LogP contribution < -0.4 is 0 Å². The van der Waals surface area contributed by atoms with Gasteiger partial charge in [0.1, 0.15) is 66.2 Å².